The first kappa shape index (κ1) is 14.4. The highest BCUT2D eigenvalue weighted by molar-refractivity contribution is 5.76. The van der Waals surface area contributed by atoms with Gasteiger partial charge in [-0.2, -0.15) is 0 Å². The second-order valence-corrected chi connectivity index (χ2v) is 4.25. The summed E-state index contributed by atoms with van der Waals surface area (Å²) in [6.45, 7) is 4.13. The topological polar surface area (TPSA) is 57.5 Å². The van der Waals surface area contributed by atoms with E-state index in [1.54, 1.807) is 0 Å². The first-order valence-electron chi connectivity index (χ1n) is 6.02. The third-order valence-electron chi connectivity index (χ3n) is 2.79. The van der Waals surface area contributed by atoms with Gasteiger partial charge >= 0.3 is 5.97 Å². The number of carboxylic acid groups (broad SMARTS) is 1. The highest BCUT2D eigenvalue weighted by atomic mass is 16.4. The molecule has 0 unspecified atom stereocenters. The van der Waals surface area contributed by atoms with Gasteiger partial charge in [-0.05, 0) is 25.7 Å². The molecule has 0 saturated carbocycles. The summed E-state index contributed by atoms with van der Waals surface area (Å²) in [7, 11) is 0. The number of carbonyl (C=O) groups is 1. The predicted molar refractivity (Wildman–Crippen MR) is 60.9 cm³/mol. The van der Waals surface area contributed by atoms with Crippen LogP contribution < -0.4 is 0 Å². The average Bonchev–Trinajstić information content (AvgIpc) is 2.18. The Morgan fingerprint density at radius 2 is 1.40 bits per heavy atom. The van der Waals surface area contributed by atoms with Crippen molar-refractivity contribution in [3.63, 3.8) is 0 Å². The molecule has 0 aromatic rings. The number of aliphatic hydroxyl groups is 1. The van der Waals surface area contributed by atoms with Gasteiger partial charge in [0, 0.05) is 0 Å². The summed E-state index contributed by atoms with van der Waals surface area (Å²) >= 11 is 0. The first-order chi connectivity index (χ1) is 7.06. The van der Waals surface area contributed by atoms with E-state index < -0.39 is 11.6 Å². The second-order valence-electron chi connectivity index (χ2n) is 4.25. The van der Waals surface area contributed by atoms with Crippen LogP contribution in [0.3, 0.4) is 0 Å². The van der Waals surface area contributed by atoms with Crippen LogP contribution in [-0.4, -0.2) is 21.8 Å². The fourth-order valence-corrected chi connectivity index (χ4v) is 1.67. The van der Waals surface area contributed by atoms with Crippen molar-refractivity contribution in [3.8, 4) is 0 Å². The third kappa shape index (κ3) is 5.78. The standard InChI is InChI=1S/C12H24O3/c1-3-5-7-9-12(15,11(13)14)10-8-6-4-2/h15H,3-10H2,1-2H3,(H,13,14). The quantitative estimate of drug-likeness (QED) is 0.582. The van der Waals surface area contributed by atoms with Crippen molar-refractivity contribution in [2.24, 2.45) is 0 Å². The number of rotatable bonds is 9. The molecule has 0 bridgehead atoms. The lowest BCUT2D eigenvalue weighted by molar-refractivity contribution is -0.160. The summed E-state index contributed by atoms with van der Waals surface area (Å²) in [6, 6.07) is 0. The van der Waals surface area contributed by atoms with Gasteiger partial charge in [0.25, 0.3) is 0 Å². The Bertz CT molecular complexity index is 168. The van der Waals surface area contributed by atoms with Gasteiger partial charge in [-0.3, -0.25) is 0 Å². The normalized spacial score (nSPS) is 11.7. The number of hydrogen-bond donors (Lipinski definition) is 2. The van der Waals surface area contributed by atoms with E-state index in [-0.39, 0.29) is 0 Å². The molecule has 15 heavy (non-hydrogen) atoms. The molecule has 0 rings (SSSR count). The third-order valence-corrected chi connectivity index (χ3v) is 2.79. The maximum absolute atomic E-state index is 11.0. The maximum Gasteiger partial charge on any atom is 0.335 e. The van der Waals surface area contributed by atoms with Crippen molar-refractivity contribution in [2.75, 3.05) is 0 Å². The van der Waals surface area contributed by atoms with Gasteiger partial charge in [0.15, 0.2) is 5.60 Å². The van der Waals surface area contributed by atoms with E-state index in [4.69, 9.17) is 5.11 Å². The van der Waals surface area contributed by atoms with Crippen LogP contribution >= 0.6 is 0 Å². The summed E-state index contributed by atoms with van der Waals surface area (Å²) in [6.07, 6.45) is 6.44. The van der Waals surface area contributed by atoms with E-state index in [0.29, 0.717) is 12.8 Å². The average molecular weight is 216 g/mol. The van der Waals surface area contributed by atoms with Crippen molar-refractivity contribution < 1.29 is 15.0 Å². The Kier molecular flexibility index (Phi) is 7.39. The van der Waals surface area contributed by atoms with Crippen molar-refractivity contribution >= 4 is 5.97 Å². The largest absolute Gasteiger partial charge is 0.479 e. The van der Waals surface area contributed by atoms with Gasteiger partial charge in [-0.1, -0.05) is 39.5 Å². The van der Waals surface area contributed by atoms with Gasteiger partial charge in [0.05, 0.1) is 0 Å². The Labute approximate surface area is 92.5 Å². The van der Waals surface area contributed by atoms with Crippen LogP contribution in [0.2, 0.25) is 0 Å². The minimum Gasteiger partial charge on any atom is -0.479 e. The Morgan fingerprint density at radius 1 is 1.00 bits per heavy atom. The zero-order valence-corrected chi connectivity index (χ0v) is 9.96. The van der Waals surface area contributed by atoms with E-state index in [2.05, 4.69) is 13.8 Å². The summed E-state index contributed by atoms with van der Waals surface area (Å²) in [4.78, 5) is 11.0. The number of hydrogen-bond acceptors (Lipinski definition) is 2. The van der Waals surface area contributed by atoms with E-state index in [1.165, 1.54) is 0 Å². The molecule has 0 aliphatic carbocycles. The monoisotopic (exact) mass is 216 g/mol. The Hall–Kier alpha value is -0.570. The van der Waals surface area contributed by atoms with Crippen LogP contribution in [0, 0.1) is 0 Å². The summed E-state index contributed by atoms with van der Waals surface area (Å²) in [5.41, 5.74) is -1.48. The van der Waals surface area contributed by atoms with Crippen molar-refractivity contribution in [1.29, 1.82) is 0 Å². The fourth-order valence-electron chi connectivity index (χ4n) is 1.67. The molecular formula is C12H24O3. The number of unbranched alkanes of at least 4 members (excludes halogenated alkanes) is 4. The van der Waals surface area contributed by atoms with E-state index in [1.807, 2.05) is 0 Å². The van der Waals surface area contributed by atoms with Gasteiger partial charge in [0.1, 0.15) is 0 Å². The van der Waals surface area contributed by atoms with Gasteiger partial charge in [-0.25, -0.2) is 4.79 Å². The second kappa shape index (κ2) is 7.69. The zero-order valence-electron chi connectivity index (χ0n) is 9.96. The molecule has 0 heterocycles. The van der Waals surface area contributed by atoms with E-state index in [9.17, 15) is 9.90 Å². The van der Waals surface area contributed by atoms with E-state index >= 15 is 0 Å². The molecule has 0 aliphatic rings. The van der Waals surface area contributed by atoms with Crippen LogP contribution in [0.15, 0.2) is 0 Å². The van der Waals surface area contributed by atoms with Crippen LogP contribution in [0.1, 0.15) is 65.2 Å². The van der Waals surface area contributed by atoms with Crippen molar-refractivity contribution in [1.82, 2.24) is 0 Å². The molecule has 3 heteroatoms. The Balaban J connectivity index is 4.01. The van der Waals surface area contributed by atoms with Crippen LogP contribution in [-0.2, 0) is 4.79 Å². The summed E-state index contributed by atoms with van der Waals surface area (Å²) in [5.74, 6) is -1.06. The SMILES string of the molecule is CCCCCC(O)(CCCCC)C(=O)O. The van der Waals surface area contributed by atoms with Gasteiger partial charge in [-0.15, -0.1) is 0 Å². The molecule has 0 fully saturated rings. The number of carboxylic acids is 1. The lowest BCUT2D eigenvalue weighted by atomic mass is 9.90. The zero-order chi connectivity index (χ0) is 11.7. The molecule has 3 nitrogen and oxygen atoms in total. The Morgan fingerprint density at radius 3 is 1.67 bits per heavy atom. The summed E-state index contributed by atoms with van der Waals surface area (Å²) < 4.78 is 0. The molecule has 0 aliphatic heterocycles. The van der Waals surface area contributed by atoms with Crippen LogP contribution in [0.25, 0.3) is 0 Å². The smallest absolute Gasteiger partial charge is 0.335 e. The molecule has 0 aromatic carbocycles. The number of aliphatic carboxylic acids is 1. The molecule has 0 saturated heterocycles. The highest BCUT2D eigenvalue weighted by Crippen LogP contribution is 2.22. The molecule has 0 atom stereocenters. The van der Waals surface area contributed by atoms with Crippen LogP contribution in [0.4, 0.5) is 0 Å². The lowest BCUT2D eigenvalue weighted by Crippen LogP contribution is -2.38. The molecule has 2 N–H and O–H groups in total. The van der Waals surface area contributed by atoms with Crippen LogP contribution in [0.5, 0.6) is 0 Å². The maximum atomic E-state index is 11.0. The first-order valence-corrected chi connectivity index (χ1v) is 6.02. The molecule has 0 aromatic heterocycles. The molecular weight excluding hydrogens is 192 g/mol. The molecule has 0 amide bonds. The highest BCUT2D eigenvalue weighted by Gasteiger charge is 2.34. The van der Waals surface area contributed by atoms with Gasteiger partial charge in [0.2, 0.25) is 0 Å². The minimum absolute atomic E-state index is 0.389. The molecule has 90 valence electrons. The molecule has 0 spiro atoms. The summed E-state index contributed by atoms with van der Waals surface area (Å²) in [5, 5.41) is 18.9. The van der Waals surface area contributed by atoms with Crippen molar-refractivity contribution in [3.05, 3.63) is 0 Å². The van der Waals surface area contributed by atoms with Crippen molar-refractivity contribution in [2.45, 2.75) is 70.8 Å². The van der Waals surface area contributed by atoms with E-state index in [0.717, 1.165) is 38.5 Å². The fraction of sp³-hybridized carbons (Fsp3) is 0.917. The lowest BCUT2D eigenvalue weighted by Gasteiger charge is -2.23. The minimum atomic E-state index is -1.48. The van der Waals surface area contributed by atoms with Gasteiger partial charge < -0.3 is 10.2 Å². The molecule has 0 radical (unpaired) electrons. The predicted octanol–water partition coefficient (Wildman–Crippen LogP) is 2.96.